The molecule has 3 heteroatoms. The zero-order valence-electron chi connectivity index (χ0n) is 11.0. The number of anilines is 1. The highest BCUT2D eigenvalue weighted by molar-refractivity contribution is 5.38. The fraction of sp³-hybridized carbons (Fsp3) is 0.312. The zero-order valence-corrected chi connectivity index (χ0v) is 11.0. The van der Waals surface area contributed by atoms with Gasteiger partial charge in [-0.15, -0.1) is 0 Å². The summed E-state index contributed by atoms with van der Waals surface area (Å²) in [4.78, 5) is 6.61. The Morgan fingerprint density at radius 3 is 2.79 bits per heavy atom. The van der Waals surface area contributed by atoms with Gasteiger partial charge in [0.25, 0.3) is 0 Å². The molecule has 0 spiro atoms. The van der Waals surface area contributed by atoms with Gasteiger partial charge in [-0.3, -0.25) is 4.90 Å². The molecule has 19 heavy (non-hydrogen) atoms. The van der Waals surface area contributed by atoms with Crippen LogP contribution in [0.15, 0.2) is 48.7 Å². The number of benzene rings is 1. The molecule has 1 aromatic heterocycles. The molecule has 0 saturated carbocycles. The molecule has 1 aliphatic rings. The van der Waals surface area contributed by atoms with Crippen LogP contribution in [0.2, 0.25) is 0 Å². The first-order valence-electron chi connectivity index (χ1n) is 6.79. The minimum Gasteiger partial charge on any atom is -0.383 e. The van der Waals surface area contributed by atoms with Crippen LogP contribution in [-0.2, 0) is 6.54 Å². The number of rotatable bonds is 3. The molecular weight excluding hydrogens is 234 g/mol. The topological polar surface area (TPSA) is 42.1 Å². The lowest BCUT2D eigenvalue weighted by atomic mass is 9.99. The quantitative estimate of drug-likeness (QED) is 0.914. The maximum atomic E-state index is 5.91. The van der Waals surface area contributed by atoms with Crippen LogP contribution in [0, 0.1) is 0 Å². The van der Waals surface area contributed by atoms with E-state index >= 15 is 0 Å². The monoisotopic (exact) mass is 253 g/mol. The van der Waals surface area contributed by atoms with Crippen LogP contribution < -0.4 is 5.73 Å². The molecule has 1 aliphatic heterocycles. The summed E-state index contributed by atoms with van der Waals surface area (Å²) in [5.41, 5.74) is 8.49. The second-order valence-electron chi connectivity index (χ2n) is 5.18. The predicted molar refractivity (Wildman–Crippen MR) is 77.7 cm³/mol. The standard InChI is InChI=1S/C16H19N3/c17-16-15(7-4-9-18-16)12-19-10-8-14(11-19)13-5-2-1-3-6-13/h1-7,9,14H,8,10-12H2,(H2,17,18). The molecule has 98 valence electrons. The van der Waals surface area contributed by atoms with E-state index in [1.165, 1.54) is 12.0 Å². The number of nitrogens with two attached hydrogens (primary N) is 1. The van der Waals surface area contributed by atoms with E-state index in [0.29, 0.717) is 11.7 Å². The highest BCUT2D eigenvalue weighted by atomic mass is 15.1. The van der Waals surface area contributed by atoms with Crippen molar-refractivity contribution in [3.63, 3.8) is 0 Å². The van der Waals surface area contributed by atoms with Gasteiger partial charge in [-0.25, -0.2) is 4.98 Å². The van der Waals surface area contributed by atoms with Gasteiger partial charge in [0.1, 0.15) is 5.82 Å². The Balaban J connectivity index is 1.65. The minimum absolute atomic E-state index is 0.652. The van der Waals surface area contributed by atoms with Gasteiger partial charge in [0.15, 0.2) is 0 Å². The molecular formula is C16H19N3. The SMILES string of the molecule is Nc1ncccc1CN1CCC(c2ccccc2)C1. The van der Waals surface area contributed by atoms with Gasteiger partial charge in [-0.2, -0.15) is 0 Å². The van der Waals surface area contributed by atoms with Gasteiger partial charge in [0.2, 0.25) is 0 Å². The molecule has 3 rings (SSSR count). The fourth-order valence-corrected chi connectivity index (χ4v) is 2.80. The Hall–Kier alpha value is -1.87. The molecule has 1 saturated heterocycles. The summed E-state index contributed by atoms with van der Waals surface area (Å²) in [5.74, 6) is 1.31. The van der Waals surface area contributed by atoms with Crippen molar-refractivity contribution in [2.45, 2.75) is 18.9 Å². The Labute approximate surface area is 114 Å². The van der Waals surface area contributed by atoms with Crippen LogP contribution in [0.3, 0.4) is 0 Å². The minimum atomic E-state index is 0.652. The van der Waals surface area contributed by atoms with E-state index in [4.69, 9.17) is 5.73 Å². The predicted octanol–water partition coefficient (Wildman–Crippen LogP) is 2.65. The molecule has 2 N–H and O–H groups in total. The lowest BCUT2D eigenvalue weighted by Crippen LogP contribution is -2.20. The Morgan fingerprint density at radius 1 is 1.16 bits per heavy atom. The third kappa shape index (κ3) is 2.76. The number of hydrogen-bond donors (Lipinski definition) is 1. The van der Waals surface area contributed by atoms with E-state index in [0.717, 1.165) is 25.2 Å². The van der Waals surface area contributed by atoms with Gasteiger partial charge in [-0.05, 0) is 30.5 Å². The van der Waals surface area contributed by atoms with Gasteiger partial charge in [0, 0.05) is 24.8 Å². The van der Waals surface area contributed by atoms with E-state index in [1.54, 1.807) is 6.20 Å². The highest BCUT2D eigenvalue weighted by Gasteiger charge is 2.23. The van der Waals surface area contributed by atoms with Crippen LogP contribution in [0.4, 0.5) is 5.82 Å². The van der Waals surface area contributed by atoms with E-state index in [-0.39, 0.29) is 0 Å². The molecule has 0 radical (unpaired) electrons. The van der Waals surface area contributed by atoms with Crippen molar-refractivity contribution in [2.24, 2.45) is 0 Å². The maximum absolute atomic E-state index is 5.91. The molecule has 2 aromatic rings. The average Bonchev–Trinajstić information content (AvgIpc) is 2.91. The molecule has 0 amide bonds. The third-order valence-electron chi connectivity index (χ3n) is 3.86. The molecule has 2 heterocycles. The van der Waals surface area contributed by atoms with Gasteiger partial charge in [0.05, 0.1) is 0 Å². The number of nitrogen functional groups attached to an aromatic ring is 1. The zero-order chi connectivity index (χ0) is 13.1. The summed E-state index contributed by atoms with van der Waals surface area (Å²) < 4.78 is 0. The van der Waals surface area contributed by atoms with Crippen molar-refractivity contribution in [3.05, 3.63) is 59.8 Å². The Bertz CT molecular complexity index is 539. The van der Waals surface area contributed by atoms with Gasteiger partial charge in [-0.1, -0.05) is 36.4 Å². The van der Waals surface area contributed by atoms with E-state index in [2.05, 4.69) is 46.3 Å². The first-order valence-corrected chi connectivity index (χ1v) is 6.79. The number of nitrogens with zero attached hydrogens (tertiary/aromatic N) is 2. The van der Waals surface area contributed by atoms with Crippen LogP contribution in [-0.4, -0.2) is 23.0 Å². The first-order chi connectivity index (χ1) is 9.33. The van der Waals surface area contributed by atoms with Crippen LogP contribution in [0.25, 0.3) is 0 Å². The molecule has 1 aromatic carbocycles. The smallest absolute Gasteiger partial charge is 0.127 e. The summed E-state index contributed by atoms with van der Waals surface area (Å²) in [7, 11) is 0. The average molecular weight is 253 g/mol. The first kappa shape index (κ1) is 12.2. The van der Waals surface area contributed by atoms with Crippen molar-refractivity contribution in [3.8, 4) is 0 Å². The highest BCUT2D eigenvalue weighted by Crippen LogP contribution is 2.28. The molecule has 1 atom stereocenters. The van der Waals surface area contributed by atoms with Gasteiger partial charge >= 0.3 is 0 Å². The van der Waals surface area contributed by atoms with Crippen molar-refractivity contribution in [1.82, 2.24) is 9.88 Å². The van der Waals surface area contributed by atoms with Crippen LogP contribution >= 0.6 is 0 Å². The normalized spacial score (nSPS) is 19.7. The molecule has 0 aliphatic carbocycles. The van der Waals surface area contributed by atoms with Crippen LogP contribution in [0.5, 0.6) is 0 Å². The summed E-state index contributed by atoms with van der Waals surface area (Å²) in [6, 6.07) is 14.8. The summed E-state index contributed by atoms with van der Waals surface area (Å²) in [6.45, 7) is 3.15. The summed E-state index contributed by atoms with van der Waals surface area (Å²) in [5, 5.41) is 0. The second kappa shape index (κ2) is 5.41. The van der Waals surface area contributed by atoms with Crippen molar-refractivity contribution < 1.29 is 0 Å². The lowest BCUT2D eigenvalue weighted by molar-refractivity contribution is 0.327. The third-order valence-corrected chi connectivity index (χ3v) is 3.86. The van der Waals surface area contributed by atoms with Crippen LogP contribution in [0.1, 0.15) is 23.5 Å². The Morgan fingerprint density at radius 2 is 2.00 bits per heavy atom. The molecule has 1 fully saturated rings. The molecule has 0 bridgehead atoms. The number of likely N-dealkylation sites (tertiary alicyclic amines) is 1. The molecule has 3 nitrogen and oxygen atoms in total. The number of hydrogen-bond acceptors (Lipinski definition) is 3. The fourth-order valence-electron chi connectivity index (χ4n) is 2.80. The van der Waals surface area contributed by atoms with Gasteiger partial charge < -0.3 is 5.73 Å². The van der Waals surface area contributed by atoms with Crippen molar-refractivity contribution in [2.75, 3.05) is 18.8 Å². The number of aromatic nitrogens is 1. The lowest BCUT2D eigenvalue weighted by Gasteiger charge is -2.17. The van der Waals surface area contributed by atoms with Crippen molar-refractivity contribution >= 4 is 5.82 Å². The van der Waals surface area contributed by atoms with E-state index in [1.807, 2.05) is 6.07 Å². The molecule has 1 unspecified atom stereocenters. The summed E-state index contributed by atoms with van der Waals surface area (Å²) in [6.07, 6.45) is 2.97. The van der Waals surface area contributed by atoms with E-state index < -0.39 is 0 Å². The Kier molecular flexibility index (Phi) is 3.47. The maximum Gasteiger partial charge on any atom is 0.127 e. The summed E-state index contributed by atoms with van der Waals surface area (Å²) >= 11 is 0. The largest absolute Gasteiger partial charge is 0.383 e. The number of pyridine rings is 1. The van der Waals surface area contributed by atoms with Crippen molar-refractivity contribution in [1.29, 1.82) is 0 Å². The second-order valence-corrected chi connectivity index (χ2v) is 5.18. The van der Waals surface area contributed by atoms with E-state index in [9.17, 15) is 0 Å².